The Morgan fingerprint density at radius 2 is 1.33 bits per heavy atom. The fourth-order valence-corrected chi connectivity index (χ4v) is 2.83. The molecule has 0 aromatic heterocycles. The highest BCUT2D eigenvalue weighted by atomic mass is 31.2. The van der Waals surface area contributed by atoms with Gasteiger partial charge in [0.15, 0.2) is 0 Å². The Hall–Kier alpha value is 0.150. The molecule has 0 spiro atoms. The van der Waals surface area contributed by atoms with E-state index in [1.54, 1.807) is 0 Å². The summed E-state index contributed by atoms with van der Waals surface area (Å²) in [5.41, 5.74) is 0. The molecule has 0 N–H and O–H groups in total. The lowest BCUT2D eigenvalue weighted by Crippen LogP contribution is -2.02. The lowest BCUT2D eigenvalue weighted by molar-refractivity contribution is 0.200. The van der Waals surface area contributed by atoms with Crippen LogP contribution in [0.15, 0.2) is 0 Å². The summed E-state index contributed by atoms with van der Waals surface area (Å²) in [7, 11) is -2.78. The first-order chi connectivity index (χ1) is 7.18. The highest BCUT2D eigenvalue weighted by molar-refractivity contribution is 7.53. The molecule has 4 heteroatoms. The van der Waals surface area contributed by atoms with Crippen LogP contribution in [0, 0.1) is 0 Å². The Morgan fingerprint density at radius 1 is 0.867 bits per heavy atom. The van der Waals surface area contributed by atoms with E-state index < -0.39 is 7.60 Å². The number of unbranched alkanes of at least 4 members (excludes halogenated alkanes) is 2. The summed E-state index contributed by atoms with van der Waals surface area (Å²) >= 11 is 0. The zero-order valence-electron chi connectivity index (χ0n) is 10.3. The molecule has 0 rings (SSSR count). The van der Waals surface area contributed by atoms with Gasteiger partial charge in [0.2, 0.25) is 0 Å². The van der Waals surface area contributed by atoms with E-state index in [4.69, 9.17) is 9.05 Å². The van der Waals surface area contributed by atoms with E-state index in [2.05, 4.69) is 13.8 Å². The van der Waals surface area contributed by atoms with Gasteiger partial charge in [-0.25, -0.2) is 0 Å². The summed E-state index contributed by atoms with van der Waals surface area (Å²) < 4.78 is 22.9. The summed E-state index contributed by atoms with van der Waals surface area (Å²) in [5, 5.41) is 0. The van der Waals surface area contributed by atoms with Gasteiger partial charge in [-0.05, 0) is 19.3 Å². The number of hydrogen-bond donors (Lipinski definition) is 0. The molecule has 0 aromatic rings. The van der Waals surface area contributed by atoms with Crippen molar-refractivity contribution in [1.82, 2.24) is 0 Å². The molecule has 0 radical (unpaired) electrons. The lowest BCUT2D eigenvalue weighted by Gasteiger charge is -2.17. The molecule has 15 heavy (non-hydrogen) atoms. The van der Waals surface area contributed by atoms with E-state index in [1.807, 2.05) is 6.92 Å². The van der Waals surface area contributed by atoms with Gasteiger partial charge in [0.25, 0.3) is 0 Å². The second-order valence-corrected chi connectivity index (χ2v) is 5.89. The Labute approximate surface area is 94.1 Å². The minimum Gasteiger partial charge on any atom is -0.309 e. The van der Waals surface area contributed by atoms with Crippen LogP contribution >= 0.6 is 7.60 Å². The minimum atomic E-state index is -2.78. The average Bonchev–Trinajstić information content (AvgIpc) is 2.19. The van der Waals surface area contributed by atoms with Gasteiger partial charge < -0.3 is 9.05 Å². The van der Waals surface area contributed by atoms with Gasteiger partial charge in [-0.3, -0.25) is 4.57 Å². The van der Waals surface area contributed by atoms with Crippen molar-refractivity contribution in [2.75, 3.05) is 19.4 Å². The maximum absolute atomic E-state index is 12.1. The standard InChI is InChI=1S/C11H25O3P/c1-4-7-9-13-15(12,11-6-3)14-10-8-5-2/h4-11H2,1-3H3. The van der Waals surface area contributed by atoms with Crippen LogP contribution < -0.4 is 0 Å². The van der Waals surface area contributed by atoms with Crippen LogP contribution in [-0.2, 0) is 13.6 Å². The molecule has 0 bridgehead atoms. The fourth-order valence-electron chi connectivity index (χ4n) is 1.14. The number of rotatable bonds is 10. The molecule has 0 aliphatic carbocycles. The van der Waals surface area contributed by atoms with Gasteiger partial charge in [0.1, 0.15) is 0 Å². The monoisotopic (exact) mass is 236 g/mol. The largest absolute Gasteiger partial charge is 0.330 e. The summed E-state index contributed by atoms with van der Waals surface area (Å²) in [6, 6.07) is 0. The van der Waals surface area contributed by atoms with Crippen LogP contribution in [0.25, 0.3) is 0 Å². The highest BCUT2D eigenvalue weighted by Gasteiger charge is 2.22. The summed E-state index contributed by atoms with van der Waals surface area (Å²) in [5.74, 6) is 0. The van der Waals surface area contributed by atoms with Crippen molar-refractivity contribution < 1.29 is 13.6 Å². The van der Waals surface area contributed by atoms with Gasteiger partial charge in [0, 0.05) is 6.16 Å². The molecule has 0 amide bonds. The fraction of sp³-hybridized carbons (Fsp3) is 1.00. The van der Waals surface area contributed by atoms with Crippen LogP contribution in [-0.4, -0.2) is 19.4 Å². The Morgan fingerprint density at radius 3 is 1.67 bits per heavy atom. The van der Waals surface area contributed by atoms with Crippen molar-refractivity contribution in [3.05, 3.63) is 0 Å². The van der Waals surface area contributed by atoms with Crippen molar-refractivity contribution in [1.29, 1.82) is 0 Å². The lowest BCUT2D eigenvalue weighted by atomic mass is 10.4. The van der Waals surface area contributed by atoms with Gasteiger partial charge in [0.05, 0.1) is 13.2 Å². The highest BCUT2D eigenvalue weighted by Crippen LogP contribution is 2.48. The van der Waals surface area contributed by atoms with Crippen molar-refractivity contribution in [3.63, 3.8) is 0 Å². The maximum atomic E-state index is 12.1. The minimum absolute atomic E-state index is 0.542. The zero-order valence-corrected chi connectivity index (χ0v) is 11.2. The molecule has 3 nitrogen and oxygen atoms in total. The van der Waals surface area contributed by atoms with Crippen LogP contribution in [0.1, 0.15) is 52.9 Å². The smallest absolute Gasteiger partial charge is 0.309 e. The van der Waals surface area contributed by atoms with E-state index in [0.717, 1.165) is 32.1 Å². The molecular weight excluding hydrogens is 211 g/mol. The van der Waals surface area contributed by atoms with Crippen LogP contribution in [0.4, 0.5) is 0 Å². The van der Waals surface area contributed by atoms with Crippen LogP contribution in [0.3, 0.4) is 0 Å². The zero-order chi connectivity index (χ0) is 11.6. The van der Waals surface area contributed by atoms with Crippen molar-refractivity contribution in [2.24, 2.45) is 0 Å². The molecule has 0 aliphatic heterocycles. The van der Waals surface area contributed by atoms with E-state index in [-0.39, 0.29) is 0 Å². The van der Waals surface area contributed by atoms with Crippen LogP contribution in [0.5, 0.6) is 0 Å². The van der Waals surface area contributed by atoms with Gasteiger partial charge in [-0.1, -0.05) is 33.6 Å². The Kier molecular flexibility index (Phi) is 9.48. The van der Waals surface area contributed by atoms with Gasteiger partial charge >= 0.3 is 7.60 Å². The molecule has 92 valence electrons. The molecule has 0 saturated carbocycles. The molecule has 0 aliphatic rings. The molecule has 0 fully saturated rings. The third-order valence-electron chi connectivity index (χ3n) is 2.07. The summed E-state index contributed by atoms with van der Waals surface area (Å²) in [4.78, 5) is 0. The molecule has 0 heterocycles. The third kappa shape index (κ3) is 8.01. The van der Waals surface area contributed by atoms with E-state index in [0.29, 0.717) is 19.4 Å². The van der Waals surface area contributed by atoms with E-state index >= 15 is 0 Å². The van der Waals surface area contributed by atoms with Crippen molar-refractivity contribution in [2.45, 2.75) is 52.9 Å². The SMILES string of the molecule is CCCCOP(=O)(CCC)OCCCC. The van der Waals surface area contributed by atoms with Gasteiger partial charge in [-0.15, -0.1) is 0 Å². The Bertz CT molecular complexity index is 169. The van der Waals surface area contributed by atoms with E-state index in [1.165, 1.54) is 0 Å². The third-order valence-corrected chi connectivity index (χ3v) is 4.22. The molecule has 0 saturated heterocycles. The van der Waals surface area contributed by atoms with Crippen LogP contribution in [0.2, 0.25) is 0 Å². The molecule has 0 atom stereocenters. The predicted octanol–water partition coefficient (Wildman–Crippen LogP) is 4.22. The van der Waals surface area contributed by atoms with Crippen molar-refractivity contribution in [3.8, 4) is 0 Å². The van der Waals surface area contributed by atoms with Gasteiger partial charge in [-0.2, -0.15) is 0 Å². The second kappa shape index (κ2) is 9.38. The first-order valence-corrected chi connectivity index (χ1v) is 7.79. The quantitative estimate of drug-likeness (QED) is 0.420. The van der Waals surface area contributed by atoms with E-state index in [9.17, 15) is 4.57 Å². The molecule has 0 unspecified atom stereocenters. The normalized spacial score (nSPS) is 11.9. The first-order valence-electron chi connectivity index (χ1n) is 6.06. The first kappa shape index (κ1) is 15.2. The average molecular weight is 236 g/mol. The molecule has 0 aromatic carbocycles. The topological polar surface area (TPSA) is 35.5 Å². The molecular formula is C11H25O3P. The Balaban J connectivity index is 3.89. The predicted molar refractivity (Wildman–Crippen MR) is 64.5 cm³/mol. The number of hydrogen-bond acceptors (Lipinski definition) is 3. The van der Waals surface area contributed by atoms with Crippen molar-refractivity contribution >= 4 is 7.60 Å². The summed E-state index contributed by atoms with van der Waals surface area (Å²) in [6.07, 6.45) is 5.40. The maximum Gasteiger partial charge on any atom is 0.330 e. The summed E-state index contributed by atoms with van der Waals surface area (Å²) in [6.45, 7) is 7.29. The second-order valence-electron chi connectivity index (χ2n) is 3.71.